The van der Waals surface area contributed by atoms with Gasteiger partial charge in [0.15, 0.2) is 0 Å². The van der Waals surface area contributed by atoms with Crippen molar-refractivity contribution in [3.63, 3.8) is 0 Å². The summed E-state index contributed by atoms with van der Waals surface area (Å²) in [5.41, 5.74) is 0.361. The Hall–Kier alpha value is -2.09. The van der Waals surface area contributed by atoms with Crippen molar-refractivity contribution >= 4 is 5.97 Å². The maximum atomic E-state index is 10.4. The number of pyridine rings is 1. The third kappa shape index (κ3) is 3.65. The van der Waals surface area contributed by atoms with Crippen molar-refractivity contribution in [3.8, 4) is 11.8 Å². The topological polar surface area (TPSA) is 72.2 Å². The first-order valence-electron chi connectivity index (χ1n) is 4.34. The van der Waals surface area contributed by atoms with Gasteiger partial charge in [0.2, 0.25) is 0 Å². The van der Waals surface area contributed by atoms with E-state index in [1.54, 1.807) is 6.07 Å². The molecular weight excluding hydrogens is 196 g/mol. The van der Waals surface area contributed by atoms with Crippen molar-refractivity contribution in [2.24, 2.45) is 0 Å². The van der Waals surface area contributed by atoms with Crippen molar-refractivity contribution < 1.29 is 14.3 Å². The number of nitriles is 1. The zero-order valence-electron chi connectivity index (χ0n) is 8.27. The van der Waals surface area contributed by atoms with E-state index in [9.17, 15) is 4.79 Å². The third-order valence-corrected chi connectivity index (χ3v) is 1.55. The number of ether oxygens (including phenoxy) is 2. The highest BCUT2D eigenvalue weighted by molar-refractivity contribution is 5.65. The summed E-state index contributed by atoms with van der Waals surface area (Å²) in [4.78, 5) is 14.2. The molecule has 1 rings (SSSR count). The molecule has 0 radical (unpaired) electrons. The van der Waals surface area contributed by atoms with E-state index < -0.39 is 0 Å². The molecule has 1 heterocycles. The number of aromatic nitrogens is 1. The molecule has 0 bridgehead atoms. The van der Waals surface area contributed by atoms with Crippen LogP contribution in [-0.4, -0.2) is 24.2 Å². The van der Waals surface area contributed by atoms with Crippen LogP contribution in [0.15, 0.2) is 18.5 Å². The van der Waals surface area contributed by atoms with Gasteiger partial charge in [0, 0.05) is 19.3 Å². The van der Waals surface area contributed by atoms with Gasteiger partial charge >= 0.3 is 5.97 Å². The molecule has 0 saturated carbocycles. The van der Waals surface area contributed by atoms with Crippen molar-refractivity contribution in [1.29, 1.82) is 5.26 Å². The van der Waals surface area contributed by atoms with Gasteiger partial charge < -0.3 is 9.47 Å². The van der Waals surface area contributed by atoms with Gasteiger partial charge in [-0.1, -0.05) is 0 Å². The summed E-state index contributed by atoms with van der Waals surface area (Å²) in [6, 6.07) is 3.54. The Labute approximate surface area is 87.3 Å². The van der Waals surface area contributed by atoms with Crippen LogP contribution in [0.2, 0.25) is 0 Å². The van der Waals surface area contributed by atoms with E-state index in [1.807, 2.05) is 6.07 Å². The second kappa shape index (κ2) is 5.60. The van der Waals surface area contributed by atoms with Gasteiger partial charge in [-0.3, -0.25) is 9.78 Å². The summed E-state index contributed by atoms with van der Waals surface area (Å²) >= 11 is 0. The van der Waals surface area contributed by atoms with Gasteiger partial charge in [0.05, 0.1) is 0 Å². The van der Waals surface area contributed by atoms with Gasteiger partial charge in [-0.15, -0.1) is 0 Å². The number of carbonyl (C=O) groups excluding carboxylic acids is 1. The van der Waals surface area contributed by atoms with Crippen LogP contribution >= 0.6 is 0 Å². The average molecular weight is 206 g/mol. The van der Waals surface area contributed by atoms with E-state index in [4.69, 9.17) is 10.00 Å². The second-order valence-electron chi connectivity index (χ2n) is 2.67. The SMILES string of the molecule is CC(=O)OCCOc1ccncc1C#N. The van der Waals surface area contributed by atoms with Crippen molar-refractivity contribution in [2.45, 2.75) is 6.92 Å². The summed E-state index contributed by atoms with van der Waals surface area (Å²) in [6.07, 6.45) is 2.95. The van der Waals surface area contributed by atoms with E-state index in [0.717, 1.165) is 0 Å². The van der Waals surface area contributed by atoms with Crippen LogP contribution < -0.4 is 4.74 Å². The molecule has 1 aromatic heterocycles. The number of carbonyl (C=O) groups is 1. The summed E-state index contributed by atoms with van der Waals surface area (Å²) in [5, 5.41) is 8.71. The Morgan fingerprint density at radius 2 is 2.40 bits per heavy atom. The Kier molecular flexibility index (Phi) is 4.10. The van der Waals surface area contributed by atoms with E-state index in [2.05, 4.69) is 9.72 Å². The molecule has 0 aliphatic carbocycles. The maximum absolute atomic E-state index is 10.4. The molecule has 0 saturated heterocycles. The van der Waals surface area contributed by atoms with Crippen molar-refractivity contribution in [3.05, 3.63) is 24.0 Å². The smallest absolute Gasteiger partial charge is 0.302 e. The van der Waals surface area contributed by atoms with Gasteiger partial charge in [0.25, 0.3) is 0 Å². The molecule has 15 heavy (non-hydrogen) atoms. The van der Waals surface area contributed by atoms with Crippen LogP contribution in [-0.2, 0) is 9.53 Å². The standard InChI is InChI=1S/C10H10N2O3/c1-8(13)14-4-5-15-10-2-3-12-7-9(10)6-11/h2-3,7H,4-5H2,1H3. The van der Waals surface area contributed by atoms with Crippen LogP contribution in [0.5, 0.6) is 5.75 Å². The molecule has 0 N–H and O–H groups in total. The first-order chi connectivity index (χ1) is 7.24. The van der Waals surface area contributed by atoms with Crippen LogP contribution in [0.1, 0.15) is 12.5 Å². The Morgan fingerprint density at radius 1 is 1.60 bits per heavy atom. The minimum Gasteiger partial charge on any atom is -0.489 e. The fourth-order valence-electron chi connectivity index (χ4n) is 0.929. The van der Waals surface area contributed by atoms with E-state index in [-0.39, 0.29) is 19.2 Å². The Balaban J connectivity index is 2.44. The zero-order valence-corrected chi connectivity index (χ0v) is 8.27. The van der Waals surface area contributed by atoms with E-state index in [0.29, 0.717) is 11.3 Å². The predicted octanol–water partition coefficient (Wildman–Crippen LogP) is 0.895. The van der Waals surface area contributed by atoms with Crippen molar-refractivity contribution in [2.75, 3.05) is 13.2 Å². The fraction of sp³-hybridized carbons (Fsp3) is 0.300. The molecule has 0 amide bonds. The number of esters is 1. The van der Waals surface area contributed by atoms with E-state index in [1.165, 1.54) is 19.3 Å². The molecule has 0 aromatic carbocycles. The van der Waals surface area contributed by atoms with Crippen molar-refractivity contribution in [1.82, 2.24) is 4.98 Å². The number of hydrogen-bond acceptors (Lipinski definition) is 5. The first kappa shape index (κ1) is 11.0. The fourth-order valence-corrected chi connectivity index (χ4v) is 0.929. The van der Waals surface area contributed by atoms with E-state index >= 15 is 0 Å². The normalized spacial score (nSPS) is 9.07. The number of rotatable bonds is 4. The Bertz CT molecular complexity index is 384. The average Bonchev–Trinajstić information content (AvgIpc) is 2.24. The lowest BCUT2D eigenvalue weighted by Gasteiger charge is -2.06. The van der Waals surface area contributed by atoms with Crippen LogP contribution in [0.3, 0.4) is 0 Å². The molecule has 5 nitrogen and oxygen atoms in total. The number of hydrogen-bond donors (Lipinski definition) is 0. The van der Waals surface area contributed by atoms with Crippen LogP contribution in [0.25, 0.3) is 0 Å². The summed E-state index contributed by atoms with van der Waals surface area (Å²) < 4.78 is 9.91. The highest BCUT2D eigenvalue weighted by Crippen LogP contribution is 2.14. The Morgan fingerprint density at radius 3 is 3.07 bits per heavy atom. The van der Waals surface area contributed by atoms with Gasteiger partial charge in [-0.05, 0) is 6.07 Å². The molecule has 78 valence electrons. The predicted molar refractivity (Wildman–Crippen MR) is 51.1 cm³/mol. The molecule has 0 unspecified atom stereocenters. The molecule has 1 aromatic rings. The molecular formula is C10H10N2O3. The number of nitrogens with zero attached hydrogens (tertiary/aromatic N) is 2. The third-order valence-electron chi connectivity index (χ3n) is 1.55. The largest absolute Gasteiger partial charge is 0.489 e. The molecule has 0 spiro atoms. The molecule has 0 aliphatic rings. The molecule has 0 atom stereocenters. The lowest BCUT2D eigenvalue weighted by Crippen LogP contribution is -2.10. The lowest BCUT2D eigenvalue weighted by molar-refractivity contribution is -0.141. The molecule has 0 aliphatic heterocycles. The monoisotopic (exact) mass is 206 g/mol. The minimum atomic E-state index is -0.353. The van der Waals surface area contributed by atoms with Crippen LogP contribution in [0, 0.1) is 11.3 Å². The van der Waals surface area contributed by atoms with Gasteiger partial charge in [0.1, 0.15) is 30.6 Å². The summed E-state index contributed by atoms with van der Waals surface area (Å²) in [7, 11) is 0. The highest BCUT2D eigenvalue weighted by Gasteiger charge is 2.02. The highest BCUT2D eigenvalue weighted by atomic mass is 16.6. The quantitative estimate of drug-likeness (QED) is 0.540. The second-order valence-corrected chi connectivity index (χ2v) is 2.67. The van der Waals surface area contributed by atoms with Gasteiger partial charge in [-0.2, -0.15) is 5.26 Å². The minimum absolute atomic E-state index is 0.169. The lowest BCUT2D eigenvalue weighted by atomic mass is 10.3. The zero-order chi connectivity index (χ0) is 11.1. The first-order valence-corrected chi connectivity index (χ1v) is 4.34. The maximum Gasteiger partial charge on any atom is 0.302 e. The molecule has 5 heteroatoms. The van der Waals surface area contributed by atoms with Crippen LogP contribution in [0.4, 0.5) is 0 Å². The summed E-state index contributed by atoms with van der Waals surface area (Å²) in [5.74, 6) is 0.0912. The molecule has 0 fully saturated rings. The van der Waals surface area contributed by atoms with Gasteiger partial charge in [-0.25, -0.2) is 0 Å². The summed E-state index contributed by atoms with van der Waals surface area (Å²) in [6.45, 7) is 1.72.